The molecule has 1 amide bonds. The van der Waals surface area contributed by atoms with Gasteiger partial charge in [0.2, 0.25) is 0 Å². The maximum atomic E-state index is 13.3. The zero-order valence-corrected chi connectivity index (χ0v) is 8.93. The quantitative estimate of drug-likeness (QED) is 0.806. The zero-order chi connectivity index (χ0) is 14.1. The van der Waals surface area contributed by atoms with Gasteiger partial charge in [-0.2, -0.15) is 13.2 Å². The number of carboxylic acid groups (broad SMARTS) is 1. The summed E-state index contributed by atoms with van der Waals surface area (Å²) in [6.45, 7) is 1.17. The van der Waals surface area contributed by atoms with Crippen molar-refractivity contribution in [3.63, 3.8) is 0 Å². The van der Waals surface area contributed by atoms with Gasteiger partial charge < -0.3 is 10.4 Å². The lowest BCUT2D eigenvalue weighted by atomic mass is 10.1. The van der Waals surface area contributed by atoms with Crippen LogP contribution >= 0.6 is 0 Å². The van der Waals surface area contributed by atoms with Gasteiger partial charge in [-0.05, 0) is 24.6 Å². The van der Waals surface area contributed by atoms with Crippen LogP contribution in [0.1, 0.15) is 15.9 Å². The predicted octanol–water partition coefficient (Wildman–Crippen LogP) is 2.33. The Morgan fingerprint density at radius 3 is 2.28 bits per heavy atom. The van der Waals surface area contributed by atoms with E-state index in [4.69, 9.17) is 5.11 Å². The first-order valence-corrected chi connectivity index (χ1v) is 4.54. The topological polar surface area (TPSA) is 66.4 Å². The highest BCUT2D eigenvalue weighted by atomic mass is 19.4. The Kier molecular flexibility index (Phi) is 3.59. The first kappa shape index (κ1) is 13.9. The minimum Gasteiger partial charge on any atom is -0.478 e. The van der Waals surface area contributed by atoms with Crippen LogP contribution in [-0.2, 0) is 4.79 Å². The fourth-order valence-electron chi connectivity index (χ4n) is 1.20. The molecule has 8 heteroatoms. The number of halogens is 4. The SMILES string of the molecule is Cc1cc(NC(=O)C(F)(F)F)cc(C(=O)O)c1F. The molecule has 1 aromatic carbocycles. The number of amides is 1. The molecule has 0 fully saturated rings. The highest BCUT2D eigenvalue weighted by molar-refractivity contribution is 5.97. The monoisotopic (exact) mass is 265 g/mol. The van der Waals surface area contributed by atoms with Crippen molar-refractivity contribution in [1.29, 1.82) is 0 Å². The number of alkyl halides is 3. The van der Waals surface area contributed by atoms with Crippen LogP contribution in [0.15, 0.2) is 12.1 Å². The number of aromatic carboxylic acids is 1. The molecule has 0 saturated carbocycles. The second-order valence-electron chi connectivity index (χ2n) is 3.41. The molecule has 0 unspecified atom stereocenters. The van der Waals surface area contributed by atoms with Crippen LogP contribution in [0.25, 0.3) is 0 Å². The van der Waals surface area contributed by atoms with Gasteiger partial charge in [-0.1, -0.05) is 0 Å². The molecule has 0 heterocycles. The van der Waals surface area contributed by atoms with E-state index in [0.29, 0.717) is 6.07 Å². The van der Waals surface area contributed by atoms with Crippen LogP contribution in [-0.4, -0.2) is 23.2 Å². The van der Waals surface area contributed by atoms with Crippen molar-refractivity contribution in [2.45, 2.75) is 13.1 Å². The van der Waals surface area contributed by atoms with E-state index in [1.807, 2.05) is 0 Å². The van der Waals surface area contributed by atoms with E-state index in [2.05, 4.69) is 0 Å². The first-order chi connectivity index (χ1) is 8.12. The van der Waals surface area contributed by atoms with E-state index in [1.54, 1.807) is 0 Å². The number of carbonyl (C=O) groups excluding carboxylic acids is 1. The lowest BCUT2D eigenvalue weighted by Crippen LogP contribution is -2.30. The molecular weight excluding hydrogens is 258 g/mol. The molecule has 0 aliphatic carbocycles. The normalized spacial score (nSPS) is 11.2. The summed E-state index contributed by atoms with van der Waals surface area (Å²) in [6, 6.07) is 1.53. The van der Waals surface area contributed by atoms with E-state index in [9.17, 15) is 27.2 Å². The number of benzene rings is 1. The highest BCUT2D eigenvalue weighted by Gasteiger charge is 2.38. The fraction of sp³-hybridized carbons (Fsp3) is 0.200. The molecule has 0 aromatic heterocycles. The van der Waals surface area contributed by atoms with Crippen molar-refractivity contribution in [2.24, 2.45) is 0 Å². The molecule has 0 spiro atoms. The number of hydrogen-bond acceptors (Lipinski definition) is 2. The van der Waals surface area contributed by atoms with E-state index in [1.165, 1.54) is 12.2 Å². The Morgan fingerprint density at radius 2 is 1.83 bits per heavy atom. The van der Waals surface area contributed by atoms with Crippen LogP contribution < -0.4 is 5.32 Å². The molecule has 4 nitrogen and oxygen atoms in total. The summed E-state index contributed by atoms with van der Waals surface area (Å²) in [7, 11) is 0. The van der Waals surface area contributed by atoms with Crippen molar-refractivity contribution in [3.05, 3.63) is 29.1 Å². The van der Waals surface area contributed by atoms with Crippen molar-refractivity contribution < 1.29 is 32.3 Å². The Balaban J connectivity index is 3.13. The summed E-state index contributed by atoms with van der Waals surface area (Å²) in [4.78, 5) is 21.3. The standard InChI is InChI=1S/C10H7F4NO3/c1-4-2-5(15-9(18)10(12,13)14)3-6(7(4)11)8(16)17/h2-3H,1H3,(H,15,18)(H,16,17). The molecule has 1 rings (SSSR count). The fourth-order valence-corrected chi connectivity index (χ4v) is 1.20. The van der Waals surface area contributed by atoms with Crippen LogP contribution in [0.4, 0.5) is 23.2 Å². The summed E-state index contributed by atoms with van der Waals surface area (Å²) < 4.78 is 49.2. The molecule has 0 saturated heterocycles. The van der Waals surface area contributed by atoms with E-state index >= 15 is 0 Å². The summed E-state index contributed by atoms with van der Waals surface area (Å²) in [6.07, 6.45) is -5.11. The summed E-state index contributed by atoms with van der Waals surface area (Å²) in [5, 5.41) is 10.1. The Labute approximate surface area is 98.2 Å². The molecule has 2 N–H and O–H groups in total. The molecule has 0 bridgehead atoms. The summed E-state index contributed by atoms with van der Waals surface area (Å²) in [5.41, 5.74) is -1.44. The van der Waals surface area contributed by atoms with Crippen molar-refractivity contribution in [3.8, 4) is 0 Å². The van der Waals surface area contributed by atoms with Gasteiger partial charge in [0.25, 0.3) is 0 Å². The van der Waals surface area contributed by atoms with Crippen molar-refractivity contribution >= 4 is 17.6 Å². The molecule has 0 aliphatic rings. The van der Waals surface area contributed by atoms with Crippen molar-refractivity contribution in [2.75, 3.05) is 5.32 Å². The summed E-state index contributed by atoms with van der Waals surface area (Å²) in [5.74, 6) is -4.96. The smallest absolute Gasteiger partial charge is 0.471 e. The Hall–Kier alpha value is -2.12. The van der Waals surface area contributed by atoms with Gasteiger partial charge in [-0.25, -0.2) is 9.18 Å². The van der Waals surface area contributed by atoms with Crippen molar-refractivity contribution in [1.82, 2.24) is 0 Å². The minimum absolute atomic E-state index is 0.188. The van der Waals surface area contributed by atoms with Crippen LogP contribution in [0.2, 0.25) is 0 Å². The maximum absolute atomic E-state index is 13.3. The number of carboxylic acids is 1. The van der Waals surface area contributed by atoms with Gasteiger partial charge in [0.15, 0.2) is 0 Å². The van der Waals surface area contributed by atoms with Gasteiger partial charge in [0.1, 0.15) is 5.82 Å². The number of hydrogen-bond donors (Lipinski definition) is 2. The van der Waals surface area contributed by atoms with E-state index in [-0.39, 0.29) is 5.56 Å². The Morgan fingerprint density at radius 1 is 1.28 bits per heavy atom. The number of nitrogens with one attached hydrogen (secondary N) is 1. The lowest BCUT2D eigenvalue weighted by molar-refractivity contribution is -0.167. The number of carbonyl (C=O) groups is 2. The third-order valence-corrected chi connectivity index (χ3v) is 2.00. The van der Waals surface area contributed by atoms with Gasteiger partial charge in [-0.3, -0.25) is 4.79 Å². The molecule has 0 radical (unpaired) electrons. The zero-order valence-electron chi connectivity index (χ0n) is 8.93. The third kappa shape index (κ3) is 2.96. The van der Waals surface area contributed by atoms with Gasteiger partial charge >= 0.3 is 18.1 Å². The average Bonchev–Trinajstić information content (AvgIpc) is 2.21. The molecular formula is C10H7F4NO3. The summed E-state index contributed by atoms with van der Waals surface area (Å²) >= 11 is 0. The van der Waals surface area contributed by atoms with E-state index < -0.39 is 35.1 Å². The second-order valence-corrected chi connectivity index (χ2v) is 3.41. The lowest BCUT2D eigenvalue weighted by Gasteiger charge is -2.10. The van der Waals surface area contributed by atoms with Gasteiger partial charge in [-0.15, -0.1) is 0 Å². The van der Waals surface area contributed by atoms with Gasteiger partial charge in [0.05, 0.1) is 5.56 Å². The number of rotatable bonds is 2. The Bertz CT molecular complexity index is 511. The number of aryl methyl sites for hydroxylation is 1. The molecule has 0 aliphatic heterocycles. The maximum Gasteiger partial charge on any atom is 0.471 e. The minimum atomic E-state index is -5.11. The highest BCUT2D eigenvalue weighted by Crippen LogP contribution is 2.22. The van der Waals surface area contributed by atoms with Crippen LogP contribution in [0, 0.1) is 12.7 Å². The largest absolute Gasteiger partial charge is 0.478 e. The first-order valence-electron chi connectivity index (χ1n) is 4.54. The van der Waals surface area contributed by atoms with Crippen LogP contribution in [0.3, 0.4) is 0 Å². The molecule has 1 aromatic rings. The molecule has 0 atom stereocenters. The average molecular weight is 265 g/mol. The molecule has 18 heavy (non-hydrogen) atoms. The van der Waals surface area contributed by atoms with E-state index in [0.717, 1.165) is 6.07 Å². The molecule has 98 valence electrons. The number of anilines is 1. The second kappa shape index (κ2) is 4.63. The van der Waals surface area contributed by atoms with Gasteiger partial charge in [0, 0.05) is 5.69 Å². The third-order valence-electron chi connectivity index (χ3n) is 2.00. The van der Waals surface area contributed by atoms with Crippen LogP contribution in [0.5, 0.6) is 0 Å². The predicted molar refractivity (Wildman–Crippen MR) is 52.8 cm³/mol.